The van der Waals surface area contributed by atoms with Gasteiger partial charge in [0.25, 0.3) is 10.0 Å². The summed E-state index contributed by atoms with van der Waals surface area (Å²) in [6.07, 6.45) is 0.352. The maximum absolute atomic E-state index is 12.5. The second kappa shape index (κ2) is 4.57. The number of sulfonamides is 1. The van der Waals surface area contributed by atoms with Crippen LogP contribution in [0.1, 0.15) is 23.8 Å². The van der Waals surface area contributed by atoms with Crippen LogP contribution in [0.3, 0.4) is 0 Å². The van der Waals surface area contributed by atoms with E-state index in [2.05, 4.69) is 0 Å². The molecule has 0 aromatic carbocycles. The molecule has 0 aliphatic carbocycles. The second-order valence-corrected chi connectivity index (χ2v) is 8.67. The molecule has 1 fully saturated rings. The van der Waals surface area contributed by atoms with E-state index in [0.717, 1.165) is 10.4 Å². The molecule has 2 heterocycles. The quantitative estimate of drug-likeness (QED) is 0.924. The Labute approximate surface area is 116 Å². The summed E-state index contributed by atoms with van der Waals surface area (Å²) in [6, 6.07) is 1.84. The van der Waals surface area contributed by atoms with Crippen LogP contribution in [0.5, 0.6) is 0 Å². The molecule has 1 atom stereocenters. The molecule has 7 heteroatoms. The van der Waals surface area contributed by atoms with E-state index in [0.29, 0.717) is 10.6 Å². The maximum atomic E-state index is 12.5. The van der Waals surface area contributed by atoms with E-state index in [1.54, 1.807) is 13.8 Å². The molecular formula is C12H17NO4S2. The van der Waals surface area contributed by atoms with Crippen molar-refractivity contribution in [1.29, 1.82) is 0 Å². The third-order valence-corrected chi connectivity index (χ3v) is 7.14. The number of thiophene rings is 1. The van der Waals surface area contributed by atoms with Crippen LogP contribution in [0.15, 0.2) is 10.3 Å². The molecule has 1 saturated heterocycles. The average Bonchev–Trinajstić information content (AvgIpc) is 2.84. The fourth-order valence-corrected chi connectivity index (χ4v) is 5.66. The number of carbonyl (C=O) groups is 1. The molecule has 1 N–H and O–H groups in total. The molecule has 106 valence electrons. The minimum atomic E-state index is -3.56. The van der Waals surface area contributed by atoms with Gasteiger partial charge in [-0.3, -0.25) is 4.79 Å². The largest absolute Gasteiger partial charge is 0.481 e. The fourth-order valence-electron chi connectivity index (χ4n) is 2.29. The van der Waals surface area contributed by atoms with Crippen molar-refractivity contribution >= 4 is 27.3 Å². The van der Waals surface area contributed by atoms with E-state index >= 15 is 0 Å². The van der Waals surface area contributed by atoms with E-state index in [-0.39, 0.29) is 13.1 Å². The van der Waals surface area contributed by atoms with Gasteiger partial charge in [0.05, 0.1) is 5.41 Å². The van der Waals surface area contributed by atoms with E-state index < -0.39 is 21.4 Å². The van der Waals surface area contributed by atoms with Crippen LogP contribution in [-0.2, 0) is 14.8 Å². The van der Waals surface area contributed by atoms with Crippen molar-refractivity contribution in [3.63, 3.8) is 0 Å². The molecule has 1 aliphatic heterocycles. The van der Waals surface area contributed by atoms with Crippen LogP contribution in [0.2, 0.25) is 0 Å². The molecule has 19 heavy (non-hydrogen) atoms. The van der Waals surface area contributed by atoms with E-state index in [9.17, 15) is 13.2 Å². The van der Waals surface area contributed by atoms with Crippen LogP contribution in [0, 0.1) is 19.3 Å². The smallest absolute Gasteiger partial charge is 0.310 e. The molecule has 0 amide bonds. The molecular weight excluding hydrogens is 286 g/mol. The van der Waals surface area contributed by atoms with Gasteiger partial charge in [0, 0.05) is 18.0 Å². The zero-order valence-corrected chi connectivity index (χ0v) is 12.8. The van der Waals surface area contributed by atoms with Gasteiger partial charge in [0.2, 0.25) is 0 Å². The molecule has 2 rings (SSSR count). The fraction of sp³-hybridized carbons (Fsp3) is 0.583. The van der Waals surface area contributed by atoms with Gasteiger partial charge in [0.15, 0.2) is 0 Å². The molecule has 1 aromatic rings. The van der Waals surface area contributed by atoms with Crippen LogP contribution in [0.25, 0.3) is 0 Å². The minimum absolute atomic E-state index is 0.0427. The van der Waals surface area contributed by atoms with Crippen molar-refractivity contribution in [2.45, 2.75) is 31.4 Å². The Morgan fingerprint density at radius 1 is 1.47 bits per heavy atom. The molecule has 0 spiro atoms. The Bertz CT molecular complexity index is 620. The van der Waals surface area contributed by atoms with Crippen molar-refractivity contribution in [1.82, 2.24) is 4.31 Å². The topological polar surface area (TPSA) is 74.7 Å². The van der Waals surface area contributed by atoms with Crippen molar-refractivity contribution in [3.8, 4) is 0 Å². The zero-order chi connectivity index (χ0) is 14.4. The number of hydrogen-bond donors (Lipinski definition) is 1. The van der Waals surface area contributed by atoms with Gasteiger partial charge in [-0.15, -0.1) is 11.3 Å². The molecule has 5 nitrogen and oxygen atoms in total. The first-order chi connectivity index (χ1) is 8.67. The molecule has 0 bridgehead atoms. The molecule has 0 saturated carbocycles. The highest BCUT2D eigenvalue weighted by atomic mass is 32.2. The highest BCUT2D eigenvalue weighted by Crippen LogP contribution is 2.36. The Hall–Kier alpha value is -0.920. The SMILES string of the molecule is Cc1cc(C)c(S(=O)(=O)N2CCC(C)(C(=O)O)C2)s1. The summed E-state index contributed by atoms with van der Waals surface area (Å²) < 4.78 is 26.7. The summed E-state index contributed by atoms with van der Waals surface area (Å²) in [6.45, 7) is 5.53. The summed E-state index contributed by atoms with van der Waals surface area (Å²) in [5, 5.41) is 9.17. The van der Waals surface area contributed by atoms with Gasteiger partial charge < -0.3 is 5.11 Å². The van der Waals surface area contributed by atoms with Crippen molar-refractivity contribution in [2.75, 3.05) is 13.1 Å². The van der Waals surface area contributed by atoms with Crippen LogP contribution in [-0.4, -0.2) is 36.9 Å². The standard InChI is InChI=1S/C12H17NO4S2/c1-8-6-9(2)18-10(8)19(16,17)13-5-4-12(3,7-13)11(14)15/h6H,4-5,7H2,1-3H3,(H,14,15). The van der Waals surface area contributed by atoms with Crippen molar-refractivity contribution in [3.05, 3.63) is 16.5 Å². The third-order valence-electron chi connectivity index (χ3n) is 3.52. The highest BCUT2D eigenvalue weighted by Gasteiger charge is 2.45. The lowest BCUT2D eigenvalue weighted by Gasteiger charge is -2.19. The summed E-state index contributed by atoms with van der Waals surface area (Å²) in [7, 11) is -3.56. The zero-order valence-electron chi connectivity index (χ0n) is 11.1. The van der Waals surface area contributed by atoms with Gasteiger partial charge in [-0.05, 0) is 38.8 Å². The van der Waals surface area contributed by atoms with E-state index in [4.69, 9.17) is 5.11 Å². The van der Waals surface area contributed by atoms with Crippen LogP contribution in [0.4, 0.5) is 0 Å². The van der Waals surface area contributed by atoms with Gasteiger partial charge in [0.1, 0.15) is 4.21 Å². The van der Waals surface area contributed by atoms with E-state index in [1.165, 1.54) is 15.6 Å². The first kappa shape index (κ1) is 14.5. The summed E-state index contributed by atoms with van der Waals surface area (Å²) >= 11 is 1.24. The lowest BCUT2D eigenvalue weighted by atomic mass is 9.90. The van der Waals surface area contributed by atoms with Crippen LogP contribution < -0.4 is 0 Å². The van der Waals surface area contributed by atoms with Crippen molar-refractivity contribution < 1.29 is 18.3 Å². The first-order valence-electron chi connectivity index (χ1n) is 5.97. The van der Waals surface area contributed by atoms with Gasteiger partial charge in [-0.2, -0.15) is 4.31 Å². The predicted molar refractivity (Wildman–Crippen MR) is 72.9 cm³/mol. The number of aryl methyl sites for hydroxylation is 2. The van der Waals surface area contributed by atoms with Gasteiger partial charge >= 0.3 is 5.97 Å². The Balaban J connectivity index is 2.33. The number of carboxylic acids is 1. The van der Waals surface area contributed by atoms with Crippen LogP contribution >= 0.6 is 11.3 Å². The lowest BCUT2D eigenvalue weighted by Crippen LogP contribution is -2.34. The Morgan fingerprint density at radius 2 is 2.11 bits per heavy atom. The first-order valence-corrected chi connectivity index (χ1v) is 8.23. The van der Waals surface area contributed by atoms with Gasteiger partial charge in [-0.25, -0.2) is 8.42 Å². The number of rotatable bonds is 3. The number of carboxylic acid groups (broad SMARTS) is 1. The minimum Gasteiger partial charge on any atom is -0.481 e. The third kappa shape index (κ3) is 2.42. The predicted octanol–water partition coefficient (Wildman–Crippen LogP) is 1.85. The number of nitrogens with zero attached hydrogens (tertiary/aromatic N) is 1. The number of aliphatic carboxylic acids is 1. The normalized spacial score (nSPS) is 24.8. The van der Waals surface area contributed by atoms with Crippen molar-refractivity contribution in [2.24, 2.45) is 5.41 Å². The average molecular weight is 303 g/mol. The molecule has 1 aliphatic rings. The Morgan fingerprint density at radius 3 is 2.53 bits per heavy atom. The Kier molecular flexibility index (Phi) is 3.49. The molecule has 1 unspecified atom stereocenters. The van der Waals surface area contributed by atoms with Gasteiger partial charge in [-0.1, -0.05) is 0 Å². The summed E-state index contributed by atoms with van der Waals surface area (Å²) in [5.74, 6) is -0.940. The lowest BCUT2D eigenvalue weighted by molar-refractivity contribution is -0.146. The molecule has 0 radical (unpaired) electrons. The number of hydrogen-bond acceptors (Lipinski definition) is 4. The molecule has 1 aromatic heterocycles. The summed E-state index contributed by atoms with van der Waals surface area (Å²) in [4.78, 5) is 12.1. The maximum Gasteiger partial charge on any atom is 0.310 e. The summed E-state index contributed by atoms with van der Waals surface area (Å²) in [5.41, 5.74) is -0.251. The monoisotopic (exact) mass is 303 g/mol. The van der Waals surface area contributed by atoms with E-state index in [1.807, 2.05) is 13.0 Å². The highest BCUT2D eigenvalue weighted by molar-refractivity contribution is 7.91. The second-order valence-electron chi connectivity index (χ2n) is 5.28.